The van der Waals surface area contributed by atoms with Crippen molar-refractivity contribution in [3.63, 3.8) is 0 Å². The van der Waals surface area contributed by atoms with Crippen LogP contribution in [0.4, 0.5) is 17.1 Å². The van der Waals surface area contributed by atoms with Crippen molar-refractivity contribution < 1.29 is 9.72 Å². The summed E-state index contributed by atoms with van der Waals surface area (Å²) < 4.78 is 0. The molecule has 0 saturated carbocycles. The summed E-state index contributed by atoms with van der Waals surface area (Å²) in [5.41, 5.74) is 2.38. The summed E-state index contributed by atoms with van der Waals surface area (Å²) in [4.78, 5) is 27.0. The Labute approximate surface area is 162 Å². The molecular weight excluding hydrogens is 368 g/mol. The third kappa shape index (κ3) is 4.96. The van der Waals surface area contributed by atoms with Crippen molar-refractivity contribution in [1.29, 1.82) is 0 Å². The normalized spacial score (nSPS) is 14.8. The number of nitro benzene ring substituents is 1. The number of nitro groups is 1. The molecule has 0 aromatic heterocycles. The summed E-state index contributed by atoms with van der Waals surface area (Å²) in [6, 6.07) is 12.2. The summed E-state index contributed by atoms with van der Waals surface area (Å²) in [7, 11) is 0. The number of aryl methyl sites for hydroxylation is 1. The minimum atomic E-state index is -0.446. The molecule has 0 unspecified atom stereocenters. The van der Waals surface area contributed by atoms with Crippen LogP contribution in [0.1, 0.15) is 5.56 Å². The van der Waals surface area contributed by atoms with Crippen molar-refractivity contribution in [2.75, 3.05) is 42.9 Å². The van der Waals surface area contributed by atoms with Crippen LogP contribution in [0.3, 0.4) is 0 Å². The Morgan fingerprint density at radius 2 is 1.93 bits per heavy atom. The van der Waals surface area contributed by atoms with Gasteiger partial charge >= 0.3 is 0 Å². The molecule has 1 amide bonds. The number of carbonyl (C=O) groups is 1. The number of piperazine rings is 1. The van der Waals surface area contributed by atoms with Gasteiger partial charge in [-0.25, -0.2) is 0 Å². The zero-order valence-electron chi connectivity index (χ0n) is 15.0. The highest BCUT2D eigenvalue weighted by atomic mass is 35.5. The van der Waals surface area contributed by atoms with Gasteiger partial charge in [0.1, 0.15) is 0 Å². The van der Waals surface area contributed by atoms with Crippen LogP contribution in [0.25, 0.3) is 0 Å². The van der Waals surface area contributed by atoms with E-state index in [1.165, 1.54) is 12.1 Å². The van der Waals surface area contributed by atoms with Gasteiger partial charge in [0, 0.05) is 54.7 Å². The number of non-ortho nitro benzene ring substituents is 1. The Kier molecular flexibility index (Phi) is 5.93. The predicted molar refractivity (Wildman–Crippen MR) is 107 cm³/mol. The van der Waals surface area contributed by atoms with E-state index < -0.39 is 4.92 Å². The van der Waals surface area contributed by atoms with Gasteiger partial charge in [-0.05, 0) is 36.8 Å². The van der Waals surface area contributed by atoms with Gasteiger partial charge in [0.25, 0.3) is 5.69 Å². The fraction of sp³-hybridized carbons (Fsp3) is 0.316. The molecule has 1 saturated heterocycles. The van der Waals surface area contributed by atoms with E-state index >= 15 is 0 Å². The zero-order chi connectivity index (χ0) is 19.4. The third-order valence-electron chi connectivity index (χ3n) is 4.61. The van der Waals surface area contributed by atoms with Crippen molar-refractivity contribution in [1.82, 2.24) is 4.90 Å². The topological polar surface area (TPSA) is 78.7 Å². The minimum Gasteiger partial charge on any atom is -0.369 e. The van der Waals surface area contributed by atoms with Crippen LogP contribution in [0, 0.1) is 17.0 Å². The highest BCUT2D eigenvalue weighted by Gasteiger charge is 2.20. The molecule has 0 atom stereocenters. The molecule has 1 aliphatic heterocycles. The number of rotatable bonds is 5. The van der Waals surface area contributed by atoms with Gasteiger partial charge in [0.05, 0.1) is 11.5 Å². The molecule has 8 heteroatoms. The first-order chi connectivity index (χ1) is 12.9. The molecule has 1 N–H and O–H groups in total. The van der Waals surface area contributed by atoms with Crippen LogP contribution < -0.4 is 10.2 Å². The zero-order valence-corrected chi connectivity index (χ0v) is 15.8. The molecule has 1 heterocycles. The Bertz CT molecular complexity index is 851. The quantitative estimate of drug-likeness (QED) is 0.628. The molecule has 2 aromatic rings. The summed E-state index contributed by atoms with van der Waals surface area (Å²) in [6.07, 6.45) is 0. The summed E-state index contributed by atoms with van der Waals surface area (Å²) >= 11 is 6.05. The maximum absolute atomic E-state index is 12.3. The number of benzene rings is 2. The van der Waals surface area contributed by atoms with Crippen LogP contribution in [-0.2, 0) is 4.79 Å². The van der Waals surface area contributed by atoms with Gasteiger partial charge in [-0.3, -0.25) is 19.8 Å². The van der Waals surface area contributed by atoms with Crippen molar-refractivity contribution >= 4 is 34.6 Å². The second kappa shape index (κ2) is 8.37. The molecular formula is C19H21ClN4O3. The molecule has 0 radical (unpaired) electrons. The Morgan fingerprint density at radius 1 is 1.19 bits per heavy atom. The monoisotopic (exact) mass is 388 g/mol. The number of nitrogens with one attached hydrogen (secondary N) is 1. The lowest BCUT2D eigenvalue weighted by Crippen LogP contribution is -2.48. The summed E-state index contributed by atoms with van der Waals surface area (Å²) in [5.74, 6) is -0.122. The second-order valence-corrected chi connectivity index (χ2v) is 6.98. The lowest BCUT2D eigenvalue weighted by atomic mass is 10.2. The summed E-state index contributed by atoms with van der Waals surface area (Å²) in [5, 5.41) is 14.4. The number of halogens is 1. The molecule has 3 rings (SSSR count). The number of hydrogen-bond donors (Lipinski definition) is 1. The van der Waals surface area contributed by atoms with Crippen molar-refractivity contribution in [2.45, 2.75) is 6.92 Å². The molecule has 1 fully saturated rings. The van der Waals surface area contributed by atoms with Crippen LogP contribution >= 0.6 is 11.6 Å². The number of anilines is 2. The van der Waals surface area contributed by atoms with E-state index in [1.807, 2.05) is 24.3 Å². The third-order valence-corrected chi connectivity index (χ3v) is 4.84. The Morgan fingerprint density at radius 3 is 2.56 bits per heavy atom. The molecule has 0 spiro atoms. The summed E-state index contributed by atoms with van der Waals surface area (Å²) in [6.45, 7) is 5.24. The van der Waals surface area contributed by atoms with Crippen molar-refractivity contribution in [2.24, 2.45) is 0 Å². The number of nitrogens with zero attached hydrogens (tertiary/aromatic N) is 3. The number of carbonyl (C=O) groups excluding carboxylic acids is 1. The van der Waals surface area contributed by atoms with Crippen LogP contribution in [0.15, 0.2) is 42.5 Å². The van der Waals surface area contributed by atoms with E-state index in [9.17, 15) is 14.9 Å². The average molecular weight is 389 g/mol. The second-order valence-electron chi connectivity index (χ2n) is 6.55. The van der Waals surface area contributed by atoms with Gasteiger partial charge in [0.2, 0.25) is 5.91 Å². The maximum atomic E-state index is 12.3. The standard InChI is InChI=1S/C19H21ClN4O3/c1-14-11-17(24(26)27)5-6-18(14)21-19(25)13-22-7-9-23(10-8-22)16-4-2-3-15(20)12-16/h2-6,11-12H,7-10,13H2,1H3,(H,21,25). The van der Waals surface area contributed by atoms with Gasteiger partial charge in [-0.2, -0.15) is 0 Å². The van der Waals surface area contributed by atoms with Gasteiger partial charge in [-0.15, -0.1) is 0 Å². The van der Waals surface area contributed by atoms with E-state index in [4.69, 9.17) is 11.6 Å². The van der Waals surface area contributed by atoms with E-state index in [2.05, 4.69) is 15.1 Å². The van der Waals surface area contributed by atoms with Crippen molar-refractivity contribution in [3.8, 4) is 0 Å². The van der Waals surface area contributed by atoms with E-state index in [-0.39, 0.29) is 11.6 Å². The molecule has 1 aliphatic rings. The minimum absolute atomic E-state index is 0.0163. The highest BCUT2D eigenvalue weighted by molar-refractivity contribution is 6.30. The average Bonchev–Trinajstić information content (AvgIpc) is 2.64. The molecule has 142 valence electrons. The smallest absolute Gasteiger partial charge is 0.269 e. The van der Waals surface area contributed by atoms with Crippen molar-refractivity contribution in [3.05, 3.63) is 63.2 Å². The van der Waals surface area contributed by atoms with E-state index in [1.54, 1.807) is 13.0 Å². The van der Waals surface area contributed by atoms with Crippen LogP contribution in [0.2, 0.25) is 5.02 Å². The molecule has 7 nitrogen and oxygen atoms in total. The van der Waals surface area contributed by atoms with Gasteiger partial charge in [-0.1, -0.05) is 17.7 Å². The number of amides is 1. The molecule has 27 heavy (non-hydrogen) atoms. The lowest BCUT2D eigenvalue weighted by Gasteiger charge is -2.35. The first-order valence-corrected chi connectivity index (χ1v) is 9.08. The first-order valence-electron chi connectivity index (χ1n) is 8.70. The highest BCUT2D eigenvalue weighted by Crippen LogP contribution is 2.22. The molecule has 0 aliphatic carbocycles. The fourth-order valence-corrected chi connectivity index (χ4v) is 3.32. The van der Waals surface area contributed by atoms with E-state index in [0.29, 0.717) is 22.8 Å². The van der Waals surface area contributed by atoms with Crippen LogP contribution in [0.5, 0.6) is 0 Å². The lowest BCUT2D eigenvalue weighted by molar-refractivity contribution is -0.384. The SMILES string of the molecule is Cc1cc([N+](=O)[O-])ccc1NC(=O)CN1CCN(c2cccc(Cl)c2)CC1. The Hall–Kier alpha value is -2.64. The maximum Gasteiger partial charge on any atom is 0.269 e. The Balaban J connectivity index is 1.52. The first kappa shape index (κ1) is 19.1. The van der Waals surface area contributed by atoms with Gasteiger partial charge in [0.15, 0.2) is 0 Å². The largest absolute Gasteiger partial charge is 0.369 e. The fourth-order valence-electron chi connectivity index (χ4n) is 3.13. The molecule has 2 aromatic carbocycles. The van der Waals surface area contributed by atoms with Gasteiger partial charge < -0.3 is 10.2 Å². The molecule has 0 bridgehead atoms. The van der Waals surface area contributed by atoms with Crippen LogP contribution in [-0.4, -0.2) is 48.5 Å². The number of hydrogen-bond acceptors (Lipinski definition) is 5. The van der Waals surface area contributed by atoms with E-state index in [0.717, 1.165) is 31.9 Å². The predicted octanol–water partition coefficient (Wildman–Crippen LogP) is 3.32.